The highest BCUT2D eigenvalue weighted by atomic mass is 35.5. The van der Waals surface area contributed by atoms with Crippen LogP contribution in [0.15, 0.2) is 24.3 Å². The molecule has 0 aliphatic carbocycles. The maximum absolute atomic E-state index is 6.09. The van der Waals surface area contributed by atoms with Crippen LogP contribution in [0.4, 0.5) is 0 Å². The van der Waals surface area contributed by atoms with E-state index in [0.29, 0.717) is 6.04 Å². The van der Waals surface area contributed by atoms with Gasteiger partial charge in [-0.1, -0.05) is 29.8 Å². The molecule has 1 fully saturated rings. The predicted octanol–water partition coefficient (Wildman–Crippen LogP) is 2.35. The molecule has 0 aromatic heterocycles. The molecule has 13 heavy (non-hydrogen) atoms. The average molecular weight is 197 g/mol. The van der Waals surface area contributed by atoms with Crippen LogP contribution in [0.25, 0.3) is 0 Å². The summed E-state index contributed by atoms with van der Waals surface area (Å²) < 4.78 is 0. The fraction of sp³-hybridized carbons (Fsp3) is 0.400. The highest BCUT2D eigenvalue weighted by Gasteiger charge is 2.24. The minimum Gasteiger partial charge on any atom is -0.268 e. The standard InChI is InChI=1S/C10H13ClN2/c11-9-5-2-1-4-8(9)10-6-3-7-13(10)12/h1-2,4-5,10H,3,6-7,12H2. The van der Waals surface area contributed by atoms with Gasteiger partial charge in [-0.15, -0.1) is 0 Å². The van der Waals surface area contributed by atoms with Gasteiger partial charge in [0.15, 0.2) is 0 Å². The Hall–Kier alpha value is -0.570. The van der Waals surface area contributed by atoms with Crippen LogP contribution in [0.3, 0.4) is 0 Å². The zero-order chi connectivity index (χ0) is 9.26. The Kier molecular flexibility index (Phi) is 2.54. The Morgan fingerprint density at radius 1 is 1.38 bits per heavy atom. The first-order chi connectivity index (χ1) is 6.29. The molecule has 0 saturated carbocycles. The van der Waals surface area contributed by atoms with Crippen molar-refractivity contribution in [1.82, 2.24) is 5.01 Å². The molecule has 1 aromatic carbocycles. The maximum atomic E-state index is 6.09. The van der Waals surface area contributed by atoms with E-state index in [4.69, 9.17) is 17.4 Å². The zero-order valence-corrected chi connectivity index (χ0v) is 8.17. The molecule has 0 amide bonds. The second-order valence-electron chi connectivity index (χ2n) is 3.42. The number of halogens is 1. The van der Waals surface area contributed by atoms with Crippen LogP contribution in [0, 0.1) is 0 Å². The summed E-state index contributed by atoms with van der Waals surface area (Å²) in [6, 6.07) is 8.24. The average Bonchev–Trinajstić information content (AvgIpc) is 2.52. The molecule has 2 rings (SSSR count). The lowest BCUT2D eigenvalue weighted by molar-refractivity contribution is 0.266. The third-order valence-corrected chi connectivity index (χ3v) is 2.90. The number of rotatable bonds is 1. The molecule has 2 N–H and O–H groups in total. The van der Waals surface area contributed by atoms with Crippen LogP contribution in [-0.4, -0.2) is 11.6 Å². The number of hydrogen-bond acceptors (Lipinski definition) is 2. The van der Waals surface area contributed by atoms with Gasteiger partial charge in [-0.2, -0.15) is 0 Å². The SMILES string of the molecule is NN1CCCC1c1ccccc1Cl. The summed E-state index contributed by atoms with van der Waals surface area (Å²) in [5.41, 5.74) is 1.16. The monoisotopic (exact) mass is 196 g/mol. The minimum atomic E-state index is 0.314. The summed E-state index contributed by atoms with van der Waals surface area (Å²) in [6.45, 7) is 0.968. The zero-order valence-electron chi connectivity index (χ0n) is 7.41. The third-order valence-electron chi connectivity index (χ3n) is 2.56. The van der Waals surface area contributed by atoms with Crippen molar-refractivity contribution in [2.24, 2.45) is 5.84 Å². The Morgan fingerprint density at radius 3 is 2.77 bits per heavy atom. The van der Waals surface area contributed by atoms with Crippen molar-refractivity contribution < 1.29 is 0 Å². The molecule has 0 spiro atoms. The predicted molar refractivity (Wildman–Crippen MR) is 54.3 cm³/mol. The highest BCUT2D eigenvalue weighted by Crippen LogP contribution is 2.33. The summed E-state index contributed by atoms with van der Waals surface area (Å²) >= 11 is 6.09. The van der Waals surface area contributed by atoms with Crippen molar-refractivity contribution >= 4 is 11.6 Å². The van der Waals surface area contributed by atoms with Crippen LogP contribution in [0.5, 0.6) is 0 Å². The summed E-state index contributed by atoms with van der Waals surface area (Å²) in [4.78, 5) is 0. The first-order valence-corrected chi connectivity index (χ1v) is 4.92. The van der Waals surface area contributed by atoms with E-state index >= 15 is 0 Å². The fourth-order valence-corrected chi connectivity index (χ4v) is 2.13. The van der Waals surface area contributed by atoms with Crippen molar-refractivity contribution in [1.29, 1.82) is 0 Å². The summed E-state index contributed by atoms with van der Waals surface area (Å²) in [6.07, 6.45) is 2.27. The van der Waals surface area contributed by atoms with Crippen LogP contribution >= 0.6 is 11.6 Å². The van der Waals surface area contributed by atoms with Crippen molar-refractivity contribution in [3.8, 4) is 0 Å². The van der Waals surface area contributed by atoms with E-state index in [1.165, 1.54) is 0 Å². The first-order valence-electron chi connectivity index (χ1n) is 4.55. The number of nitrogens with two attached hydrogens (primary N) is 1. The lowest BCUT2D eigenvalue weighted by Gasteiger charge is -2.20. The molecule has 70 valence electrons. The van der Waals surface area contributed by atoms with E-state index < -0.39 is 0 Å². The summed E-state index contributed by atoms with van der Waals surface area (Å²) in [5, 5.41) is 2.70. The van der Waals surface area contributed by atoms with E-state index in [1.54, 1.807) is 0 Å². The van der Waals surface area contributed by atoms with Gasteiger partial charge in [-0.05, 0) is 24.5 Å². The topological polar surface area (TPSA) is 29.3 Å². The molecule has 1 aromatic rings. The summed E-state index contributed by atoms with van der Waals surface area (Å²) in [5.74, 6) is 5.85. The minimum absolute atomic E-state index is 0.314. The maximum Gasteiger partial charge on any atom is 0.0505 e. The van der Waals surface area contributed by atoms with Crippen LogP contribution in [-0.2, 0) is 0 Å². The molecule has 1 saturated heterocycles. The number of hydrogen-bond donors (Lipinski definition) is 1. The Bertz CT molecular complexity index is 301. The van der Waals surface area contributed by atoms with Gasteiger partial charge in [0.05, 0.1) is 6.04 Å². The number of hydrazine groups is 1. The Morgan fingerprint density at radius 2 is 2.15 bits per heavy atom. The van der Waals surface area contributed by atoms with Gasteiger partial charge >= 0.3 is 0 Å². The van der Waals surface area contributed by atoms with Crippen LogP contribution < -0.4 is 5.84 Å². The summed E-state index contributed by atoms with van der Waals surface area (Å²) in [7, 11) is 0. The van der Waals surface area contributed by atoms with E-state index in [2.05, 4.69) is 6.07 Å². The molecular weight excluding hydrogens is 184 g/mol. The van der Waals surface area contributed by atoms with E-state index in [0.717, 1.165) is 30.0 Å². The van der Waals surface area contributed by atoms with Crippen molar-refractivity contribution in [3.05, 3.63) is 34.9 Å². The Labute approximate surface area is 83.3 Å². The molecule has 3 heteroatoms. The number of nitrogens with zero attached hydrogens (tertiary/aromatic N) is 1. The molecule has 1 heterocycles. The Balaban J connectivity index is 2.29. The number of benzene rings is 1. The van der Waals surface area contributed by atoms with Crippen LogP contribution in [0.1, 0.15) is 24.4 Å². The van der Waals surface area contributed by atoms with Crippen molar-refractivity contribution in [2.75, 3.05) is 6.54 Å². The van der Waals surface area contributed by atoms with Gasteiger partial charge in [0, 0.05) is 11.6 Å². The molecule has 0 bridgehead atoms. The molecule has 0 radical (unpaired) electrons. The molecule has 2 nitrogen and oxygen atoms in total. The van der Waals surface area contributed by atoms with Crippen molar-refractivity contribution in [2.45, 2.75) is 18.9 Å². The first kappa shape index (κ1) is 9.00. The lowest BCUT2D eigenvalue weighted by atomic mass is 10.1. The fourth-order valence-electron chi connectivity index (χ4n) is 1.87. The molecule has 1 atom stereocenters. The normalized spacial score (nSPS) is 23.7. The van der Waals surface area contributed by atoms with E-state index in [9.17, 15) is 0 Å². The van der Waals surface area contributed by atoms with Gasteiger partial charge in [0.2, 0.25) is 0 Å². The van der Waals surface area contributed by atoms with Gasteiger partial charge in [0.25, 0.3) is 0 Å². The quantitative estimate of drug-likeness (QED) is 0.699. The molecule has 1 aliphatic heterocycles. The largest absolute Gasteiger partial charge is 0.268 e. The molecular formula is C10H13ClN2. The van der Waals surface area contributed by atoms with Crippen molar-refractivity contribution in [3.63, 3.8) is 0 Å². The molecule has 1 unspecified atom stereocenters. The van der Waals surface area contributed by atoms with E-state index in [1.807, 2.05) is 23.2 Å². The molecule has 1 aliphatic rings. The third kappa shape index (κ3) is 1.70. The van der Waals surface area contributed by atoms with Gasteiger partial charge in [-0.25, -0.2) is 5.01 Å². The smallest absolute Gasteiger partial charge is 0.0505 e. The highest BCUT2D eigenvalue weighted by molar-refractivity contribution is 6.31. The van der Waals surface area contributed by atoms with Gasteiger partial charge in [-0.3, -0.25) is 5.84 Å². The van der Waals surface area contributed by atoms with Gasteiger partial charge in [0.1, 0.15) is 0 Å². The van der Waals surface area contributed by atoms with Gasteiger partial charge < -0.3 is 0 Å². The second kappa shape index (κ2) is 3.66. The lowest BCUT2D eigenvalue weighted by Crippen LogP contribution is -2.30. The second-order valence-corrected chi connectivity index (χ2v) is 3.82. The van der Waals surface area contributed by atoms with E-state index in [-0.39, 0.29) is 0 Å². The van der Waals surface area contributed by atoms with Crippen LogP contribution in [0.2, 0.25) is 5.02 Å².